The molecule has 0 aliphatic carbocycles. The van der Waals surface area contributed by atoms with E-state index in [4.69, 9.17) is 9.47 Å². The van der Waals surface area contributed by atoms with Gasteiger partial charge in [-0.1, -0.05) is 43.2 Å². The number of aryl methyl sites for hydroxylation is 1. The molecule has 7 heteroatoms. The van der Waals surface area contributed by atoms with Gasteiger partial charge in [0.05, 0.1) is 12.0 Å². The Kier molecular flexibility index (Phi) is 9.40. The number of amides is 2. The Morgan fingerprint density at radius 3 is 2.46 bits per heavy atom. The number of piperidine rings is 1. The number of hydrogen-bond donors (Lipinski definition) is 1. The van der Waals surface area contributed by atoms with Gasteiger partial charge in [0.2, 0.25) is 5.91 Å². The first-order chi connectivity index (χ1) is 19.1. The Morgan fingerprint density at radius 2 is 1.67 bits per heavy atom. The molecule has 1 N–H and O–H groups in total. The lowest BCUT2D eigenvalue weighted by atomic mass is 9.73. The second-order valence-corrected chi connectivity index (χ2v) is 11.3. The molecule has 0 radical (unpaired) electrons. The average molecular weight is 534 g/mol. The lowest BCUT2D eigenvalue weighted by Crippen LogP contribution is -2.51. The Balaban J connectivity index is 1.10. The number of carbonyl (C=O) groups is 2. The second kappa shape index (κ2) is 13.3. The fourth-order valence-corrected chi connectivity index (χ4v) is 6.22. The van der Waals surface area contributed by atoms with E-state index in [1.165, 1.54) is 37.1 Å². The Morgan fingerprint density at radius 1 is 0.897 bits per heavy atom. The third-order valence-corrected chi connectivity index (χ3v) is 8.66. The molecule has 2 fully saturated rings. The molecule has 39 heavy (non-hydrogen) atoms. The first kappa shape index (κ1) is 27.5. The van der Waals surface area contributed by atoms with E-state index in [1.54, 1.807) is 0 Å². The van der Waals surface area contributed by atoms with Crippen molar-refractivity contribution in [3.63, 3.8) is 0 Å². The highest BCUT2D eigenvalue weighted by atomic mass is 16.5. The van der Waals surface area contributed by atoms with Crippen molar-refractivity contribution < 1.29 is 19.1 Å². The third-order valence-electron chi connectivity index (χ3n) is 8.66. The number of benzene rings is 2. The molecule has 2 amide bonds. The predicted molar refractivity (Wildman–Crippen MR) is 152 cm³/mol. The molecule has 0 atom stereocenters. The van der Waals surface area contributed by atoms with Crippen LogP contribution in [0.15, 0.2) is 48.5 Å². The molecule has 7 nitrogen and oxygen atoms in total. The van der Waals surface area contributed by atoms with Gasteiger partial charge in [-0.15, -0.1) is 0 Å². The van der Waals surface area contributed by atoms with Crippen LogP contribution in [0.2, 0.25) is 0 Å². The molecule has 3 aliphatic rings. The number of ether oxygens (including phenoxy) is 2. The number of hydrogen-bond acceptors (Lipinski definition) is 5. The summed E-state index contributed by atoms with van der Waals surface area (Å²) in [4.78, 5) is 30.6. The van der Waals surface area contributed by atoms with Crippen LogP contribution in [-0.4, -0.2) is 67.6 Å². The van der Waals surface area contributed by atoms with E-state index in [2.05, 4.69) is 34.5 Å². The fourth-order valence-electron chi connectivity index (χ4n) is 6.22. The molecule has 0 saturated carbocycles. The predicted octanol–water partition coefficient (Wildman–Crippen LogP) is 4.58. The maximum absolute atomic E-state index is 13.4. The molecule has 0 aromatic heterocycles. The van der Waals surface area contributed by atoms with Gasteiger partial charge in [-0.25, -0.2) is 0 Å². The summed E-state index contributed by atoms with van der Waals surface area (Å²) in [6.07, 6.45) is 8.99. The van der Waals surface area contributed by atoms with Crippen molar-refractivity contribution in [2.24, 2.45) is 5.41 Å². The average Bonchev–Trinajstić information content (AvgIpc) is 3.48. The zero-order chi connectivity index (χ0) is 26.9. The molecule has 1 spiro atoms. The largest absolute Gasteiger partial charge is 0.491 e. The number of nitrogens with one attached hydrogen (secondary N) is 1. The summed E-state index contributed by atoms with van der Waals surface area (Å²) in [6, 6.07) is 16.3. The van der Waals surface area contributed by atoms with Crippen LogP contribution in [0.5, 0.6) is 11.5 Å². The maximum Gasteiger partial charge on any atom is 0.260 e. The van der Waals surface area contributed by atoms with Gasteiger partial charge < -0.3 is 19.7 Å². The van der Waals surface area contributed by atoms with Gasteiger partial charge in [0, 0.05) is 19.6 Å². The van der Waals surface area contributed by atoms with E-state index in [1.807, 2.05) is 29.2 Å². The van der Waals surface area contributed by atoms with E-state index in [0.717, 1.165) is 50.1 Å². The van der Waals surface area contributed by atoms with Crippen LogP contribution in [0.1, 0.15) is 62.5 Å². The van der Waals surface area contributed by atoms with Crippen LogP contribution in [0, 0.1) is 5.41 Å². The minimum absolute atomic E-state index is 0.0118. The minimum Gasteiger partial charge on any atom is -0.491 e. The summed E-state index contributed by atoms with van der Waals surface area (Å²) in [5.41, 5.74) is 2.10. The van der Waals surface area contributed by atoms with Crippen LogP contribution in [0.3, 0.4) is 0 Å². The maximum atomic E-state index is 13.4. The smallest absolute Gasteiger partial charge is 0.260 e. The number of carbonyl (C=O) groups excluding carboxylic acids is 2. The third kappa shape index (κ3) is 7.33. The SMILES string of the molecule is O=C(COc1ccc(CN2CCCC2)cc1)N1CCC2(CCCCCc3ccccc3OCCNC2=O)CC1. The normalized spacial score (nSPS) is 20.6. The van der Waals surface area contributed by atoms with E-state index in [0.29, 0.717) is 39.1 Å². The Hall–Kier alpha value is -3.06. The quantitative estimate of drug-likeness (QED) is 0.609. The number of likely N-dealkylation sites (tertiary alicyclic amines) is 2. The highest BCUT2D eigenvalue weighted by molar-refractivity contribution is 5.83. The Bertz CT molecular complexity index is 1090. The zero-order valence-corrected chi connectivity index (χ0v) is 23.2. The summed E-state index contributed by atoms with van der Waals surface area (Å²) in [5.74, 6) is 1.74. The van der Waals surface area contributed by atoms with Crippen molar-refractivity contribution >= 4 is 11.8 Å². The molecular weight excluding hydrogens is 490 g/mol. The van der Waals surface area contributed by atoms with Crippen LogP contribution in [-0.2, 0) is 22.6 Å². The molecule has 2 aromatic rings. The summed E-state index contributed by atoms with van der Waals surface area (Å²) >= 11 is 0. The van der Waals surface area contributed by atoms with Crippen molar-refractivity contribution in [3.8, 4) is 11.5 Å². The number of para-hydroxylation sites is 1. The standard InChI is InChI=1S/C32H43N3O4/c36-30(25-39-28-13-11-26(12-14-28)24-34-19-6-7-20-34)35-21-16-32(17-22-35)15-5-1-2-8-27-9-3-4-10-29(27)38-23-18-33-31(32)37/h3-4,9-14H,1-2,5-8,15-25H2,(H,33,37). The van der Waals surface area contributed by atoms with Gasteiger partial charge in [0.25, 0.3) is 5.91 Å². The monoisotopic (exact) mass is 533 g/mol. The van der Waals surface area contributed by atoms with E-state index >= 15 is 0 Å². The topological polar surface area (TPSA) is 71.1 Å². The van der Waals surface area contributed by atoms with Gasteiger partial charge in [-0.05, 0) is 87.4 Å². The summed E-state index contributed by atoms with van der Waals surface area (Å²) in [6.45, 7) is 5.48. The van der Waals surface area contributed by atoms with Crippen molar-refractivity contribution in [1.82, 2.24) is 15.1 Å². The van der Waals surface area contributed by atoms with Crippen LogP contribution < -0.4 is 14.8 Å². The molecular formula is C32H43N3O4. The second-order valence-electron chi connectivity index (χ2n) is 11.3. The molecule has 3 heterocycles. The minimum atomic E-state index is -0.413. The number of rotatable bonds is 5. The molecule has 3 aliphatic heterocycles. The zero-order valence-electron chi connectivity index (χ0n) is 23.2. The van der Waals surface area contributed by atoms with Crippen LogP contribution in [0.25, 0.3) is 0 Å². The highest BCUT2D eigenvalue weighted by Gasteiger charge is 2.41. The first-order valence-corrected chi connectivity index (χ1v) is 14.8. The van der Waals surface area contributed by atoms with E-state index < -0.39 is 5.41 Å². The van der Waals surface area contributed by atoms with Crippen molar-refractivity contribution in [2.75, 3.05) is 45.9 Å². The van der Waals surface area contributed by atoms with Gasteiger partial charge in [-0.3, -0.25) is 14.5 Å². The van der Waals surface area contributed by atoms with Crippen molar-refractivity contribution in [3.05, 3.63) is 59.7 Å². The van der Waals surface area contributed by atoms with Crippen LogP contribution >= 0.6 is 0 Å². The summed E-state index contributed by atoms with van der Waals surface area (Å²) in [7, 11) is 0. The molecule has 0 bridgehead atoms. The molecule has 5 rings (SSSR count). The Labute approximate surface area is 232 Å². The number of fused-ring (bicyclic) bond motifs is 1. The molecule has 2 saturated heterocycles. The van der Waals surface area contributed by atoms with Gasteiger partial charge in [0.15, 0.2) is 6.61 Å². The van der Waals surface area contributed by atoms with Gasteiger partial charge in [0.1, 0.15) is 18.1 Å². The van der Waals surface area contributed by atoms with E-state index in [-0.39, 0.29) is 18.4 Å². The molecule has 2 aromatic carbocycles. The van der Waals surface area contributed by atoms with Crippen molar-refractivity contribution in [2.45, 2.75) is 64.3 Å². The van der Waals surface area contributed by atoms with E-state index in [9.17, 15) is 9.59 Å². The first-order valence-electron chi connectivity index (χ1n) is 14.8. The summed E-state index contributed by atoms with van der Waals surface area (Å²) in [5, 5.41) is 3.13. The lowest BCUT2D eigenvalue weighted by Gasteiger charge is -2.40. The highest BCUT2D eigenvalue weighted by Crippen LogP contribution is 2.37. The lowest BCUT2D eigenvalue weighted by molar-refractivity contribution is -0.142. The molecule has 0 unspecified atom stereocenters. The van der Waals surface area contributed by atoms with Crippen LogP contribution in [0.4, 0.5) is 0 Å². The number of nitrogens with zero attached hydrogens (tertiary/aromatic N) is 2. The van der Waals surface area contributed by atoms with Gasteiger partial charge in [-0.2, -0.15) is 0 Å². The van der Waals surface area contributed by atoms with Gasteiger partial charge >= 0.3 is 0 Å². The fraction of sp³-hybridized carbons (Fsp3) is 0.562. The molecule has 210 valence electrons. The summed E-state index contributed by atoms with van der Waals surface area (Å²) < 4.78 is 11.8. The van der Waals surface area contributed by atoms with Crippen molar-refractivity contribution in [1.29, 1.82) is 0 Å².